The molecule has 0 saturated heterocycles. The average molecular weight is 262 g/mol. The number of hydrogen-bond donors (Lipinski definition) is 2. The fraction of sp³-hybridized carbons (Fsp3) is 0.429. The summed E-state index contributed by atoms with van der Waals surface area (Å²) in [5.41, 5.74) is 6.69. The van der Waals surface area contributed by atoms with Gasteiger partial charge in [0.15, 0.2) is 0 Å². The SMILES string of the molecule is CC(C(=O)NC(C(N)=S)C1CC1)c1ccccc1. The minimum Gasteiger partial charge on any atom is -0.392 e. The zero-order valence-corrected chi connectivity index (χ0v) is 11.2. The van der Waals surface area contributed by atoms with E-state index in [-0.39, 0.29) is 17.9 Å². The van der Waals surface area contributed by atoms with Gasteiger partial charge in [-0.1, -0.05) is 42.5 Å². The summed E-state index contributed by atoms with van der Waals surface area (Å²) in [5.74, 6) is 0.252. The third-order valence-electron chi connectivity index (χ3n) is 3.39. The fourth-order valence-electron chi connectivity index (χ4n) is 2.02. The predicted octanol–water partition coefficient (Wildman–Crippen LogP) is 1.97. The molecule has 0 bridgehead atoms. The highest BCUT2D eigenvalue weighted by molar-refractivity contribution is 7.80. The van der Waals surface area contributed by atoms with Crippen LogP contribution < -0.4 is 11.1 Å². The maximum absolute atomic E-state index is 12.2. The molecule has 2 rings (SSSR count). The van der Waals surface area contributed by atoms with Gasteiger partial charge in [0.1, 0.15) is 0 Å². The van der Waals surface area contributed by atoms with Gasteiger partial charge in [-0.2, -0.15) is 0 Å². The standard InChI is InChI=1S/C14H18N2OS/c1-9(10-5-3-2-4-6-10)14(17)16-12(13(15)18)11-7-8-11/h2-6,9,11-12H,7-8H2,1H3,(H2,15,18)(H,16,17). The molecule has 1 aromatic rings. The molecule has 0 aliphatic heterocycles. The van der Waals surface area contributed by atoms with Gasteiger partial charge in [0.05, 0.1) is 16.9 Å². The highest BCUT2D eigenvalue weighted by atomic mass is 32.1. The van der Waals surface area contributed by atoms with Gasteiger partial charge in [-0.25, -0.2) is 0 Å². The molecule has 1 saturated carbocycles. The number of thiocarbonyl (C=S) groups is 1. The molecule has 2 atom stereocenters. The van der Waals surface area contributed by atoms with Crippen molar-refractivity contribution in [3.63, 3.8) is 0 Å². The molecular formula is C14H18N2OS. The molecule has 1 fully saturated rings. The largest absolute Gasteiger partial charge is 0.392 e. The van der Waals surface area contributed by atoms with Gasteiger partial charge >= 0.3 is 0 Å². The van der Waals surface area contributed by atoms with Crippen molar-refractivity contribution in [2.24, 2.45) is 11.7 Å². The van der Waals surface area contributed by atoms with E-state index in [1.165, 1.54) is 0 Å². The van der Waals surface area contributed by atoms with Crippen molar-refractivity contribution in [2.45, 2.75) is 31.7 Å². The number of carbonyl (C=O) groups is 1. The minimum atomic E-state index is -0.179. The lowest BCUT2D eigenvalue weighted by atomic mass is 10.00. The van der Waals surface area contributed by atoms with Crippen LogP contribution >= 0.6 is 12.2 Å². The summed E-state index contributed by atoms with van der Waals surface area (Å²) in [6, 6.07) is 9.58. The first kappa shape index (κ1) is 13.0. The molecular weight excluding hydrogens is 244 g/mol. The highest BCUT2D eigenvalue weighted by Crippen LogP contribution is 2.33. The smallest absolute Gasteiger partial charge is 0.227 e. The van der Waals surface area contributed by atoms with Crippen LogP contribution in [0.4, 0.5) is 0 Å². The van der Waals surface area contributed by atoms with E-state index < -0.39 is 0 Å². The molecule has 4 heteroatoms. The van der Waals surface area contributed by atoms with Gasteiger partial charge in [0.2, 0.25) is 5.91 Å². The predicted molar refractivity (Wildman–Crippen MR) is 76.3 cm³/mol. The van der Waals surface area contributed by atoms with Gasteiger partial charge < -0.3 is 11.1 Å². The van der Waals surface area contributed by atoms with Crippen molar-refractivity contribution in [2.75, 3.05) is 0 Å². The molecule has 1 amide bonds. The topological polar surface area (TPSA) is 55.1 Å². The lowest BCUT2D eigenvalue weighted by Crippen LogP contribution is -2.46. The fourth-order valence-corrected chi connectivity index (χ4v) is 2.27. The van der Waals surface area contributed by atoms with E-state index in [2.05, 4.69) is 5.32 Å². The monoisotopic (exact) mass is 262 g/mol. The van der Waals surface area contributed by atoms with Gasteiger partial charge in [0, 0.05) is 0 Å². The molecule has 96 valence electrons. The highest BCUT2D eigenvalue weighted by Gasteiger charge is 2.34. The van der Waals surface area contributed by atoms with Crippen LogP contribution in [-0.4, -0.2) is 16.9 Å². The van der Waals surface area contributed by atoms with E-state index in [4.69, 9.17) is 18.0 Å². The molecule has 1 aliphatic rings. The Hall–Kier alpha value is -1.42. The number of hydrogen-bond acceptors (Lipinski definition) is 2. The zero-order valence-electron chi connectivity index (χ0n) is 10.4. The van der Waals surface area contributed by atoms with Crippen LogP contribution in [0.15, 0.2) is 30.3 Å². The van der Waals surface area contributed by atoms with Crippen LogP contribution in [0.25, 0.3) is 0 Å². The van der Waals surface area contributed by atoms with Crippen molar-refractivity contribution >= 4 is 23.1 Å². The quantitative estimate of drug-likeness (QED) is 0.798. The second-order valence-corrected chi connectivity index (χ2v) is 5.33. The van der Waals surface area contributed by atoms with Crippen molar-refractivity contribution in [1.29, 1.82) is 0 Å². The molecule has 3 nitrogen and oxygen atoms in total. The first-order valence-corrected chi connectivity index (χ1v) is 6.65. The Balaban J connectivity index is 2.00. The van der Waals surface area contributed by atoms with Crippen LogP contribution in [0.2, 0.25) is 0 Å². The normalized spacial score (nSPS) is 17.8. The van der Waals surface area contributed by atoms with Gasteiger partial charge in [-0.3, -0.25) is 4.79 Å². The minimum absolute atomic E-state index is 0.00843. The summed E-state index contributed by atoms with van der Waals surface area (Å²) in [5, 5.41) is 2.97. The Kier molecular flexibility index (Phi) is 3.97. The maximum atomic E-state index is 12.2. The molecule has 1 aliphatic carbocycles. The summed E-state index contributed by atoms with van der Waals surface area (Å²) in [6.07, 6.45) is 2.20. The Bertz CT molecular complexity index is 442. The lowest BCUT2D eigenvalue weighted by Gasteiger charge is -2.20. The second-order valence-electron chi connectivity index (χ2n) is 4.86. The van der Waals surface area contributed by atoms with Crippen molar-refractivity contribution in [3.8, 4) is 0 Å². The first-order valence-electron chi connectivity index (χ1n) is 6.24. The Morgan fingerprint density at radius 2 is 2.00 bits per heavy atom. The van der Waals surface area contributed by atoms with E-state index >= 15 is 0 Å². The van der Waals surface area contributed by atoms with Gasteiger partial charge in [-0.05, 0) is 31.2 Å². The summed E-state index contributed by atoms with van der Waals surface area (Å²) in [4.78, 5) is 12.6. The van der Waals surface area contributed by atoms with Crippen LogP contribution in [-0.2, 0) is 4.79 Å². The molecule has 18 heavy (non-hydrogen) atoms. The summed E-state index contributed by atoms with van der Waals surface area (Å²) in [6.45, 7) is 1.90. The average Bonchev–Trinajstić information content (AvgIpc) is 3.19. The number of nitrogens with two attached hydrogens (primary N) is 1. The van der Waals surface area contributed by atoms with E-state index in [9.17, 15) is 4.79 Å². The van der Waals surface area contributed by atoms with Crippen LogP contribution in [0.5, 0.6) is 0 Å². The molecule has 1 aromatic carbocycles. The summed E-state index contributed by atoms with van der Waals surface area (Å²) < 4.78 is 0. The van der Waals surface area contributed by atoms with E-state index in [0.717, 1.165) is 18.4 Å². The van der Waals surface area contributed by atoms with E-state index in [1.807, 2.05) is 37.3 Å². The summed E-state index contributed by atoms with van der Waals surface area (Å²) >= 11 is 5.02. The number of benzene rings is 1. The Morgan fingerprint density at radius 3 is 2.50 bits per heavy atom. The molecule has 0 aromatic heterocycles. The van der Waals surface area contributed by atoms with Crippen molar-refractivity contribution in [1.82, 2.24) is 5.32 Å². The van der Waals surface area contributed by atoms with Crippen LogP contribution in [0, 0.1) is 5.92 Å². The van der Waals surface area contributed by atoms with Crippen molar-refractivity contribution < 1.29 is 4.79 Å². The van der Waals surface area contributed by atoms with Crippen LogP contribution in [0.1, 0.15) is 31.2 Å². The van der Waals surface area contributed by atoms with Crippen molar-refractivity contribution in [3.05, 3.63) is 35.9 Å². The first-order chi connectivity index (χ1) is 8.59. The Labute approximate surface area is 113 Å². The molecule has 0 spiro atoms. The van der Waals surface area contributed by atoms with Gasteiger partial charge in [0.25, 0.3) is 0 Å². The third-order valence-corrected chi connectivity index (χ3v) is 3.64. The third kappa shape index (κ3) is 3.07. The number of carbonyl (C=O) groups excluding carboxylic acids is 1. The molecule has 3 N–H and O–H groups in total. The number of nitrogens with one attached hydrogen (secondary N) is 1. The van der Waals surface area contributed by atoms with E-state index in [1.54, 1.807) is 0 Å². The van der Waals surface area contributed by atoms with Gasteiger partial charge in [-0.15, -0.1) is 0 Å². The number of amides is 1. The number of rotatable bonds is 5. The Morgan fingerprint density at radius 1 is 1.39 bits per heavy atom. The van der Waals surface area contributed by atoms with E-state index in [0.29, 0.717) is 10.9 Å². The van der Waals surface area contributed by atoms with Crippen LogP contribution in [0.3, 0.4) is 0 Å². The maximum Gasteiger partial charge on any atom is 0.227 e. The lowest BCUT2D eigenvalue weighted by molar-refractivity contribution is -0.122. The molecule has 0 heterocycles. The summed E-state index contributed by atoms with van der Waals surface area (Å²) in [7, 11) is 0. The zero-order chi connectivity index (χ0) is 13.1. The second kappa shape index (κ2) is 5.48. The molecule has 0 radical (unpaired) electrons. The molecule has 2 unspecified atom stereocenters.